The Morgan fingerprint density at radius 3 is 2.33 bits per heavy atom. The van der Waals surface area contributed by atoms with Gasteiger partial charge in [0.05, 0.1) is 6.61 Å². The van der Waals surface area contributed by atoms with Gasteiger partial charge in [0.2, 0.25) is 0 Å². The number of halogens is 3. The Balaban J connectivity index is 2.43. The van der Waals surface area contributed by atoms with Crippen LogP contribution in [0.5, 0.6) is 0 Å². The van der Waals surface area contributed by atoms with E-state index in [1.165, 1.54) is 0 Å². The third-order valence-corrected chi connectivity index (χ3v) is 2.44. The number of benzene rings is 1. The van der Waals surface area contributed by atoms with Crippen molar-refractivity contribution in [2.75, 3.05) is 13.2 Å². The van der Waals surface area contributed by atoms with Gasteiger partial charge in [-0.3, -0.25) is 0 Å². The highest BCUT2D eigenvalue weighted by atomic mass is 19.4. The molecule has 0 heterocycles. The fourth-order valence-electron chi connectivity index (χ4n) is 1.58. The quantitative estimate of drug-likeness (QED) is 0.852. The molecule has 1 aromatic carbocycles. The van der Waals surface area contributed by atoms with Crippen LogP contribution in [0.3, 0.4) is 0 Å². The van der Waals surface area contributed by atoms with Crippen molar-refractivity contribution in [1.29, 1.82) is 0 Å². The van der Waals surface area contributed by atoms with Crippen molar-refractivity contribution in [3.8, 4) is 0 Å². The topological polar surface area (TPSA) is 29.5 Å². The highest BCUT2D eigenvalue weighted by molar-refractivity contribution is 5.24. The Hall–Kier alpha value is -1.07. The minimum absolute atomic E-state index is 0.355. The minimum Gasteiger partial charge on any atom is -0.386 e. The zero-order valence-electron chi connectivity index (χ0n) is 10.2. The second kappa shape index (κ2) is 6.75. The Kier molecular flexibility index (Phi) is 5.62. The smallest absolute Gasteiger partial charge is 0.386 e. The van der Waals surface area contributed by atoms with Crippen molar-refractivity contribution < 1.29 is 23.0 Å². The predicted molar refractivity (Wildman–Crippen MR) is 62.3 cm³/mol. The molecule has 0 fully saturated rings. The molecule has 1 atom stereocenters. The lowest BCUT2D eigenvalue weighted by molar-refractivity contribution is -0.179. The second-order valence-corrected chi connectivity index (χ2v) is 4.14. The largest absolute Gasteiger partial charge is 0.411 e. The number of aryl methyl sites for hydroxylation is 1. The summed E-state index contributed by atoms with van der Waals surface area (Å²) in [5, 5.41) is 9.65. The van der Waals surface area contributed by atoms with Crippen molar-refractivity contribution in [1.82, 2.24) is 0 Å². The zero-order chi connectivity index (χ0) is 13.6. The van der Waals surface area contributed by atoms with Gasteiger partial charge in [0.25, 0.3) is 0 Å². The standard InChI is InChI=1S/C13H17F3O2/c1-2-3-10-4-6-11(7-5-10)12(17)8-18-9-13(14,15)16/h4-7,12,17H,2-3,8-9H2,1H3. The van der Waals surface area contributed by atoms with Gasteiger partial charge < -0.3 is 9.84 Å². The maximum Gasteiger partial charge on any atom is 0.411 e. The summed E-state index contributed by atoms with van der Waals surface area (Å²) in [5.41, 5.74) is 1.71. The lowest BCUT2D eigenvalue weighted by Gasteiger charge is -2.13. The molecular formula is C13H17F3O2. The van der Waals surface area contributed by atoms with Gasteiger partial charge in [-0.15, -0.1) is 0 Å². The molecule has 0 bridgehead atoms. The maximum atomic E-state index is 11.8. The first-order valence-electron chi connectivity index (χ1n) is 5.84. The molecule has 1 rings (SSSR count). The first-order valence-corrected chi connectivity index (χ1v) is 5.84. The van der Waals surface area contributed by atoms with Crippen molar-refractivity contribution in [3.05, 3.63) is 35.4 Å². The Morgan fingerprint density at radius 2 is 1.83 bits per heavy atom. The van der Waals surface area contributed by atoms with Crippen LogP contribution in [0.4, 0.5) is 13.2 Å². The molecule has 2 nitrogen and oxygen atoms in total. The zero-order valence-corrected chi connectivity index (χ0v) is 10.2. The molecule has 0 amide bonds. The van der Waals surface area contributed by atoms with Gasteiger partial charge >= 0.3 is 6.18 Å². The van der Waals surface area contributed by atoms with Crippen LogP contribution in [0.1, 0.15) is 30.6 Å². The molecule has 1 aromatic rings. The molecule has 1 N–H and O–H groups in total. The number of hydrogen-bond donors (Lipinski definition) is 1. The minimum atomic E-state index is -4.36. The predicted octanol–water partition coefficient (Wildman–Crippen LogP) is 3.25. The van der Waals surface area contributed by atoms with E-state index in [1.54, 1.807) is 12.1 Å². The number of alkyl halides is 3. The Bertz CT molecular complexity index is 346. The van der Waals surface area contributed by atoms with E-state index in [0.717, 1.165) is 18.4 Å². The van der Waals surface area contributed by atoms with Crippen molar-refractivity contribution in [3.63, 3.8) is 0 Å². The van der Waals surface area contributed by atoms with E-state index in [4.69, 9.17) is 0 Å². The van der Waals surface area contributed by atoms with E-state index in [2.05, 4.69) is 11.7 Å². The molecule has 0 saturated heterocycles. The SMILES string of the molecule is CCCc1ccc(C(O)COCC(F)(F)F)cc1. The van der Waals surface area contributed by atoms with Crippen molar-refractivity contribution >= 4 is 0 Å². The number of aliphatic hydroxyl groups excluding tert-OH is 1. The molecule has 0 radical (unpaired) electrons. The van der Waals surface area contributed by atoms with Crippen LogP contribution in [0.15, 0.2) is 24.3 Å². The molecule has 1 unspecified atom stereocenters. The highest BCUT2D eigenvalue weighted by Gasteiger charge is 2.27. The average Bonchev–Trinajstić information content (AvgIpc) is 2.28. The van der Waals surface area contributed by atoms with Crippen LogP contribution < -0.4 is 0 Å². The second-order valence-electron chi connectivity index (χ2n) is 4.14. The number of rotatable bonds is 6. The van der Waals surface area contributed by atoms with Crippen LogP contribution >= 0.6 is 0 Å². The normalized spacial score (nSPS) is 13.6. The molecular weight excluding hydrogens is 245 g/mol. The highest BCUT2D eigenvalue weighted by Crippen LogP contribution is 2.18. The van der Waals surface area contributed by atoms with Crippen molar-refractivity contribution in [2.24, 2.45) is 0 Å². The van der Waals surface area contributed by atoms with E-state index in [0.29, 0.717) is 5.56 Å². The molecule has 18 heavy (non-hydrogen) atoms. The van der Waals surface area contributed by atoms with Crippen LogP contribution in [0.2, 0.25) is 0 Å². The lowest BCUT2D eigenvalue weighted by Crippen LogP contribution is -2.19. The summed E-state index contributed by atoms with van der Waals surface area (Å²) >= 11 is 0. The third-order valence-electron chi connectivity index (χ3n) is 2.44. The number of ether oxygens (including phenoxy) is 1. The first-order chi connectivity index (χ1) is 8.42. The number of hydrogen-bond acceptors (Lipinski definition) is 2. The summed E-state index contributed by atoms with van der Waals surface area (Å²) in [6.07, 6.45) is -3.41. The summed E-state index contributed by atoms with van der Waals surface area (Å²) in [6.45, 7) is 0.373. The van der Waals surface area contributed by atoms with Crippen LogP contribution in [0.25, 0.3) is 0 Å². The Labute approximate surface area is 104 Å². The van der Waals surface area contributed by atoms with Crippen LogP contribution in [0, 0.1) is 0 Å². The van der Waals surface area contributed by atoms with Gasteiger partial charge in [0.15, 0.2) is 0 Å². The van der Waals surface area contributed by atoms with Gasteiger partial charge in [-0.1, -0.05) is 37.6 Å². The molecule has 0 saturated carbocycles. The van der Waals surface area contributed by atoms with Gasteiger partial charge in [-0.05, 0) is 17.5 Å². The molecule has 0 aliphatic heterocycles. The summed E-state index contributed by atoms with van der Waals surface area (Å²) in [4.78, 5) is 0. The van der Waals surface area contributed by atoms with E-state index >= 15 is 0 Å². The van der Waals surface area contributed by atoms with E-state index in [-0.39, 0.29) is 6.61 Å². The van der Waals surface area contributed by atoms with Gasteiger partial charge in [0, 0.05) is 0 Å². The van der Waals surface area contributed by atoms with Crippen LogP contribution in [-0.2, 0) is 11.2 Å². The first kappa shape index (κ1) is 15.0. The average molecular weight is 262 g/mol. The molecule has 0 aliphatic carbocycles. The van der Waals surface area contributed by atoms with E-state index < -0.39 is 18.9 Å². The fraction of sp³-hybridized carbons (Fsp3) is 0.538. The van der Waals surface area contributed by atoms with Gasteiger partial charge in [0.1, 0.15) is 12.7 Å². The molecule has 0 aliphatic rings. The van der Waals surface area contributed by atoms with Crippen LogP contribution in [-0.4, -0.2) is 24.5 Å². The maximum absolute atomic E-state index is 11.8. The Morgan fingerprint density at radius 1 is 1.22 bits per heavy atom. The molecule has 102 valence electrons. The molecule has 5 heteroatoms. The summed E-state index contributed by atoms with van der Waals surface area (Å²) in [5.74, 6) is 0. The molecule has 0 aromatic heterocycles. The monoisotopic (exact) mass is 262 g/mol. The van der Waals surface area contributed by atoms with E-state index in [1.807, 2.05) is 12.1 Å². The fourth-order valence-corrected chi connectivity index (χ4v) is 1.58. The third kappa shape index (κ3) is 5.51. The molecule has 0 spiro atoms. The number of aliphatic hydroxyl groups is 1. The summed E-state index contributed by atoms with van der Waals surface area (Å²) < 4.78 is 39.9. The van der Waals surface area contributed by atoms with Crippen molar-refractivity contribution in [2.45, 2.75) is 32.0 Å². The van der Waals surface area contributed by atoms with E-state index in [9.17, 15) is 18.3 Å². The summed E-state index contributed by atoms with van der Waals surface area (Å²) in [7, 11) is 0. The lowest BCUT2D eigenvalue weighted by atomic mass is 10.0. The van der Waals surface area contributed by atoms with Gasteiger partial charge in [-0.25, -0.2) is 0 Å². The summed E-state index contributed by atoms with van der Waals surface area (Å²) in [6, 6.07) is 7.16. The van der Waals surface area contributed by atoms with Gasteiger partial charge in [-0.2, -0.15) is 13.2 Å².